The standard InChI is InChI=1S/C10H9BrClFN4/c1-5(2)10-14-15-16-17(10)9-7(11)3-6(13)4-8(9)12/h3-5H,1-2H3. The Hall–Kier alpha value is -1.01. The molecule has 0 aliphatic rings. The molecular weight excluding hydrogens is 310 g/mol. The molecule has 90 valence electrons. The van der Waals surface area contributed by atoms with Gasteiger partial charge in [0.25, 0.3) is 0 Å². The van der Waals surface area contributed by atoms with E-state index in [0.717, 1.165) is 0 Å². The Labute approximate surface area is 111 Å². The highest BCUT2D eigenvalue weighted by Gasteiger charge is 2.17. The molecular formula is C10H9BrClFN4. The van der Waals surface area contributed by atoms with Gasteiger partial charge in [0.2, 0.25) is 0 Å². The Bertz CT molecular complexity index is 532. The first-order valence-electron chi connectivity index (χ1n) is 4.94. The normalized spacial score (nSPS) is 11.2. The summed E-state index contributed by atoms with van der Waals surface area (Å²) in [6.45, 7) is 3.93. The number of aromatic nitrogens is 4. The highest BCUT2D eigenvalue weighted by Crippen LogP contribution is 2.31. The van der Waals surface area contributed by atoms with Gasteiger partial charge in [-0.1, -0.05) is 25.4 Å². The van der Waals surface area contributed by atoms with E-state index in [1.807, 2.05) is 13.8 Å². The van der Waals surface area contributed by atoms with Crippen molar-refractivity contribution in [3.8, 4) is 5.69 Å². The molecule has 0 N–H and O–H groups in total. The predicted octanol–water partition coefficient (Wildman–Crippen LogP) is 3.34. The molecule has 1 aromatic carbocycles. The van der Waals surface area contributed by atoms with Gasteiger partial charge in [-0.05, 0) is 38.5 Å². The van der Waals surface area contributed by atoms with Crippen LogP contribution in [0.3, 0.4) is 0 Å². The smallest absolute Gasteiger partial charge is 0.159 e. The Balaban J connectivity index is 2.64. The van der Waals surface area contributed by atoms with Crippen LogP contribution in [0, 0.1) is 5.82 Å². The molecule has 0 aliphatic heterocycles. The van der Waals surface area contributed by atoms with Crippen molar-refractivity contribution in [3.05, 3.63) is 33.3 Å². The fourth-order valence-corrected chi connectivity index (χ4v) is 2.45. The molecule has 0 saturated carbocycles. The lowest BCUT2D eigenvalue weighted by Crippen LogP contribution is -2.06. The number of rotatable bonds is 2. The van der Waals surface area contributed by atoms with Crippen LogP contribution in [-0.2, 0) is 0 Å². The molecule has 1 aromatic heterocycles. The van der Waals surface area contributed by atoms with Gasteiger partial charge < -0.3 is 0 Å². The third-order valence-electron chi connectivity index (χ3n) is 2.20. The van der Waals surface area contributed by atoms with Gasteiger partial charge in [0.15, 0.2) is 5.82 Å². The third kappa shape index (κ3) is 2.32. The number of nitrogens with zero attached hydrogens (tertiary/aromatic N) is 4. The van der Waals surface area contributed by atoms with Gasteiger partial charge in [0.1, 0.15) is 11.5 Å². The van der Waals surface area contributed by atoms with Gasteiger partial charge >= 0.3 is 0 Å². The van der Waals surface area contributed by atoms with Crippen LogP contribution in [0.5, 0.6) is 0 Å². The van der Waals surface area contributed by atoms with E-state index in [1.165, 1.54) is 16.8 Å². The molecule has 0 spiro atoms. The molecule has 0 atom stereocenters. The molecule has 2 rings (SSSR count). The Morgan fingerprint density at radius 3 is 2.71 bits per heavy atom. The van der Waals surface area contributed by atoms with E-state index in [1.54, 1.807) is 0 Å². The molecule has 0 aliphatic carbocycles. The minimum Gasteiger partial charge on any atom is -0.207 e. The average molecular weight is 320 g/mol. The van der Waals surface area contributed by atoms with Gasteiger partial charge in [-0.25, -0.2) is 4.39 Å². The first-order chi connectivity index (χ1) is 8.00. The summed E-state index contributed by atoms with van der Waals surface area (Å²) in [5, 5.41) is 11.7. The summed E-state index contributed by atoms with van der Waals surface area (Å²) in [5.74, 6) is 0.391. The minimum absolute atomic E-state index is 0.137. The van der Waals surface area contributed by atoms with E-state index in [2.05, 4.69) is 31.5 Å². The number of hydrogen-bond donors (Lipinski definition) is 0. The Kier molecular flexibility index (Phi) is 3.44. The molecule has 0 radical (unpaired) electrons. The van der Waals surface area contributed by atoms with Crippen molar-refractivity contribution in [2.45, 2.75) is 19.8 Å². The fraction of sp³-hybridized carbons (Fsp3) is 0.300. The van der Waals surface area contributed by atoms with E-state index >= 15 is 0 Å². The minimum atomic E-state index is -0.412. The number of tetrazole rings is 1. The second-order valence-electron chi connectivity index (χ2n) is 3.82. The molecule has 2 aromatic rings. The summed E-state index contributed by atoms with van der Waals surface area (Å²) in [6.07, 6.45) is 0. The van der Waals surface area contributed by atoms with Crippen LogP contribution < -0.4 is 0 Å². The predicted molar refractivity (Wildman–Crippen MR) is 65.9 cm³/mol. The fourth-order valence-electron chi connectivity index (χ4n) is 1.45. The maximum atomic E-state index is 13.1. The molecule has 7 heteroatoms. The third-order valence-corrected chi connectivity index (χ3v) is 3.10. The number of hydrogen-bond acceptors (Lipinski definition) is 3. The Morgan fingerprint density at radius 2 is 2.12 bits per heavy atom. The maximum Gasteiger partial charge on any atom is 0.159 e. The highest BCUT2D eigenvalue weighted by molar-refractivity contribution is 9.10. The van der Waals surface area contributed by atoms with Gasteiger partial charge in [-0.3, -0.25) is 0 Å². The second kappa shape index (κ2) is 4.70. The SMILES string of the molecule is CC(C)c1nnnn1-c1c(Cl)cc(F)cc1Br. The quantitative estimate of drug-likeness (QED) is 0.852. The number of benzene rings is 1. The summed E-state index contributed by atoms with van der Waals surface area (Å²) in [7, 11) is 0. The van der Waals surface area contributed by atoms with E-state index in [0.29, 0.717) is 16.0 Å². The summed E-state index contributed by atoms with van der Waals surface area (Å²) < 4.78 is 15.2. The van der Waals surface area contributed by atoms with Crippen LogP contribution in [0.15, 0.2) is 16.6 Å². The maximum absolute atomic E-state index is 13.1. The van der Waals surface area contributed by atoms with Crippen LogP contribution >= 0.6 is 27.5 Å². The van der Waals surface area contributed by atoms with Crippen molar-refractivity contribution in [1.29, 1.82) is 0 Å². The van der Waals surface area contributed by atoms with Crippen molar-refractivity contribution >= 4 is 27.5 Å². The molecule has 0 bridgehead atoms. The van der Waals surface area contributed by atoms with Gasteiger partial charge in [0.05, 0.1) is 5.02 Å². The van der Waals surface area contributed by atoms with Crippen molar-refractivity contribution < 1.29 is 4.39 Å². The molecule has 1 heterocycles. The molecule has 0 unspecified atom stereocenters. The van der Waals surface area contributed by atoms with Gasteiger partial charge in [-0.15, -0.1) is 5.10 Å². The zero-order chi connectivity index (χ0) is 12.6. The zero-order valence-corrected chi connectivity index (χ0v) is 11.5. The lowest BCUT2D eigenvalue weighted by molar-refractivity contribution is 0.624. The lowest BCUT2D eigenvalue weighted by atomic mass is 10.2. The average Bonchev–Trinajstić information content (AvgIpc) is 2.64. The van der Waals surface area contributed by atoms with Crippen LogP contribution in [0.4, 0.5) is 4.39 Å². The van der Waals surface area contributed by atoms with Gasteiger partial charge in [0, 0.05) is 10.4 Å². The first kappa shape index (κ1) is 12.4. The summed E-state index contributed by atoms with van der Waals surface area (Å²) >= 11 is 9.28. The lowest BCUT2D eigenvalue weighted by Gasteiger charge is -2.10. The number of halogens is 3. The van der Waals surface area contributed by atoms with Crippen LogP contribution in [0.25, 0.3) is 5.69 Å². The van der Waals surface area contributed by atoms with E-state index < -0.39 is 5.82 Å². The first-order valence-corrected chi connectivity index (χ1v) is 6.11. The molecule has 4 nitrogen and oxygen atoms in total. The topological polar surface area (TPSA) is 43.6 Å². The zero-order valence-electron chi connectivity index (χ0n) is 9.15. The summed E-state index contributed by atoms with van der Waals surface area (Å²) in [4.78, 5) is 0. The second-order valence-corrected chi connectivity index (χ2v) is 5.08. The molecule has 0 fully saturated rings. The molecule has 0 amide bonds. The van der Waals surface area contributed by atoms with Crippen LogP contribution in [0.2, 0.25) is 5.02 Å². The monoisotopic (exact) mass is 318 g/mol. The van der Waals surface area contributed by atoms with Crippen molar-refractivity contribution in [2.24, 2.45) is 0 Å². The molecule has 17 heavy (non-hydrogen) atoms. The van der Waals surface area contributed by atoms with E-state index in [4.69, 9.17) is 11.6 Å². The summed E-state index contributed by atoms with van der Waals surface area (Å²) in [5.41, 5.74) is 0.543. The van der Waals surface area contributed by atoms with Crippen LogP contribution in [0.1, 0.15) is 25.6 Å². The van der Waals surface area contributed by atoms with E-state index in [-0.39, 0.29) is 10.9 Å². The molecule has 0 saturated heterocycles. The van der Waals surface area contributed by atoms with Crippen LogP contribution in [-0.4, -0.2) is 20.2 Å². The highest BCUT2D eigenvalue weighted by atomic mass is 79.9. The van der Waals surface area contributed by atoms with Crippen molar-refractivity contribution in [2.75, 3.05) is 0 Å². The van der Waals surface area contributed by atoms with E-state index in [9.17, 15) is 4.39 Å². The van der Waals surface area contributed by atoms with Crippen molar-refractivity contribution in [1.82, 2.24) is 20.2 Å². The Morgan fingerprint density at radius 1 is 1.41 bits per heavy atom. The summed E-state index contributed by atoms with van der Waals surface area (Å²) in [6, 6.07) is 2.56. The van der Waals surface area contributed by atoms with Crippen molar-refractivity contribution in [3.63, 3.8) is 0 Å². The largest absolute Gasteiger partial charge is 0.207 e. The van der Waals surface area contributed by atoms with Gasteiger partial charge in [-0.2, -0.15) is 4.68 Å².